The number of ether oxygens (including phenoxy) is 1. The molecular formula is C11H6Cl3NO3S. The van der Waals surface area contributed by atoms with Gasteiger partial charge in [-0.15, -0.1) is 0 Å². The fourth-order valence-electron chi connectivity index (χ4n) is 1.25. The first-order valence-corrected chi connectivity index (χ1v) is 7.97. The number of benzene rings is 1. The summed E-state index contributed by atoms with van der Waals surface area (Å²) in [5, 5.41) is 0.596. The summed E-state index contributed by atoms with van der Waals surface area (Å²) in [4.78, 5) is 3.71. The standard InChI is InChI=1S/C11H6Cl3NO3S/c12-8-2-1-3-9(11(8)13)18-10-5-4-7(6-15-10)19(14,16)17/h1-6H. The number of hydrogen-bond donors (Lipinski definition) is 0. The van der Waals surface area contributed by atoms with Crippen molar-refractivity contribution < 1.29 is 13.2 Å². The van der Waals surface area contributed by atoms with Crippen LogP contribution in [0.1, 0.15) is 0 Å². The Bertz CT molecular complexity index is 702. The SMILES string of the molecule is O=S(=O)(Cl)c1ccc(Oc2cccc(Cl)c2Cl)nc1. The van der Waals surface area contributed by atoms with Crippen molar-refractivity contribution in [3.8, 4) is 11.6 Å². The number of halogens is 3. The summed E-state index contributed by atoms with van der Waals surface area (Å²) in [6.45, 7) is 0. The van der Waals surface area contributed by atoms with Crippen LogP contribution in [0, 0.1) is 0 Å². The van der Waals surface area contributed by atoms with Gasteiger partial charge in [-0.1, -0.05) is 29.3 Å². The molecule has 0 N–H and O–H groups in total. The minimum absolute atomic E-state index is 0.112. The Morgan fingerprint density at radius 2 is 1.84 bits per heavy atom. The monoisotopic (exact) mass is 337 g/mol. The number of aromatic nitrogens is 1. The molecule has 2 rings (SSSR count). The van der Waals surface area contributed by atoms with E-state index in [4.69, 9.17) is 38.6 Å². The second-order valence-electron chi connectivity index (χ2n) is 3.42. The molecule has 0 saturated carbocycles. The van der Waals surface area contributed by atoms with Crippen LogP contribution >= 0.6 is 33.9 Å². The second-order valence-corrected chi connectivity index (χ2v) is 6.78. The van der Waals surface area contributed by atoms with Crippen molar-refractivity contribution in [1.82, 2.24) is 4.98 Å². The lowest BCUT2D eigenvalue weighted by molar-refractivity contribution is 0.462. The number of nitrogens with zero attached hydrogens (tertiary/aromatic N) is 1. The van der Waals surface area contributed by atoms with Crippen LogP contribution in [-0.4, -0.2) is 13.4 Å². The summed E-state index contributed by atoms with van der Waals surface area (Å²) in [7, 11) is 1.37. The summed E-state index contributed by atoms with van der Waals surface area (Å²) in [6, 6.07) is 7.55. The van der Waals surface area contributed by atoms with Gasteiger partial charge in [0.2, 0.25) is 5.88 Å². The second kappa shape index (κ2) is 5.54. The Morgan fingerprint density at radius 1 is 1.11 bits per heavy atom. The molecular weight excluding hydrogens is 333 g/mol. The average molecular weight is 339 g/mol. The van der Waals surface area contributed by atoms with E-state index in [1.54, 1.807) is 18.2 Å². The van der Waals surface area contributed by atoms with E-state index in [0.29, 0.717) is 10.8 Å². The van der Waals surface area contributed by atoms with Crippen molar-refractivity contribution >= 4 is 42.9 Å². The maximum atomic E-state index is 11.0. The van der Waals surface area contributed by atoms with Crippen molar-refractivity contribution in [2.24, 2.45) is 0 Å². The van der Waals surface area contributed by atoms with Crippen LogP contribution in [0.4, 0.5) is 0 Å². The Kier molecular flexibility index (Phi) is 4.20. The Hall–Kier alpha value is -1.01. The third kappa shape index (κ3) is 3.51. The van der Waals surface area contributed by atoms with Crippen molar-refractivity contribution in [3.05, 3.63) is 46.6 Å². The minimum atomic E-state index is -3.80. The quantitative estimate of drug-likeness (QED) is 0.790. The van der Waals surface area contributed by atoms with E-state index in [2.05, 4.69) is 4.98 Å². The molecule has 19 heavy (non-hydrogen) atoms. The van der Waals surface area contributed by atoms with Gasteiger partial charge in [-0.2, -0.15) is 0 Å². The molecule has 0 fully saturated rings. The molecule has 0 radical (unpaired) electrons. The fraction of sp³-hybridized carbons (Fsp3) is 0. The van der Waals surface area contributed by atoms with Crippen LogP contribution in [0.5, 0.6) is 11.6 Å². The molecule has 0 unspecified atom stereocenters. The summed E-state index contributed by atoms with van der Waals surface area (Å²) < 4.78 is 27.5. The molecule has 0 bridgehead atoms. The highest BCUT2D eigenvalue weighted by molar-refractivity contribution is 8.13. The number of pyridine rings is 1. The van der Waals surface area contributed by atoms with Crippen molar-refractivity contribution in [3.63, 3.8) is 0 Å². The lowest BCUT2D eigenvalue weighted by Gasteiger charge is -2.07. The first kappa shape index (κ1) is 14.4. The third-order valence-electron chi connectivity index (χ3n) is 2.12. The molecule has 100 valence electrons. The van der Waals surface area contributed by atoms with Gasteiger partial charge in [0, 0.05) is 16.7 Å². The zero-order chi connectivity index (χ0) is 14.0. The van der Waals surface area contributed by atoms with Gasteiger partial charge in [0.25, 0.3) is 9.05 Å². The lowest BCUT2D eigenvalue weighted by Crippen LogP contribution is -1.93. The van der Waals surface area contributed by atoms with E-state index < -0.39 is 9.05 Å². The average Bonchev–Trinajstić information content (AvgIpc) is 2.35. The fourth-order valence-corrected chi connectivity index (χ4v) is 2.26. The van der Waals surface area contributed by atoms with Crippen LogP contribution in [-0.2, 0) is 9.05 Å². The Labute approximate surface area is 124 Å². The van der Waals surface area contributed by atoms with Gasteiger partial charge in [0.05, 0.1) is 11.2 Å². The molecule has 1 aromatic heterocycles. The maximum Gasteiger partial charge on any atom is 0.262 e. The van der Waals surface area contributed by atoms with Crippen molar-refractivity contribution in [2.45, 2.75) is 4.90 Å². The molecule has 0 aliphatic rings. The zero-order valence-electron chi connectivity index (χ0n) is 9.18. The van der Waals surface area contributed by atoms with Crippen LogP contribution in [0.25, 0.3) is 0 Å². The molecule has 0 aliphatic heterocycles. The minimum Gasteiger partial charge on any atom is -0.437 e. The first-order chi connectivity index (χ1) is 8.88. The number of rotatable bonds is 3. The van der Waals surface area contributed by atoms with Crippen molar-refractivity contribution in [1.29, 1.82) is 0 Å². The zero-order valence-corrected chi connectivity index (χ0v) is 12.3. The molecule has 0 spiro atoms. The van der Waals surface area contributed by atoms with Gasteiger partial charge >= 0.3 is 0 Å². The van der Waals surface area contributed by atoms with E-state index in [1.807, 2.05) is 0 Å². The maximum absolute atomic E-state index is 11.0. The largest absolute Gasteiger partial charge is 0.437 e. The van der Waals surface area contributed by atoms with Crippen LogP contribution in [0.2, 0.25) is 10.0 Å². The predicted octanol–water partition coefficient (Wildman–Crippen LogP) is 4.11. The normalized spacial score (nSPS) is 11.3. The molecule has 0 atom stereocenters. The van der Waals surface area contributed by atoms with Crippen LogP contribution in [0.15, 0.2) is 41.4 Å². The summed E-state index contributed by atoms with van der Waals surface area (Å²) >= 11 is 11.8. The molecule has 2 aromatic rings. The Morgan fingerprint density at radius 3 is 2.42 bits per heavy atom. The van der Waals surface area contributed by atoms with Gasteiger partial charge < -0.3 is 4.74 Å². The van der Waals surface area contributed by atoms with E-state index >= 15 is 0 Å². The molecule has 0 amide bonds. The third-order valence-corrected chi connectivity index (χ3v) is 4.26. The van der Waals surface area contributed by atoms with Gasteiger partial charge in [-0.05, 0) is 18.2 Å². The topological polar surface area (TPSA) is 56.3 Å². The lowest BCUT2D eigenvalue weighted by atomic mass is 10.3. The highest BCUT2D eigenvalue weighted by Gasteiger charge is 2.11. The van der Waals surface area contributed by atoms with E-state index in [-0.39, 0.29) is 15.8 Å². The molecule has 1 heterocycles. The van der Waals surface area contributed by atoms with Gasteiger partial charge in [0.1, 0.15) is 15.7 Å². The highest BCUT2D eigenvalue weighted by atomic mass is 35.7. The number of hydrogen-bond acceptors (Lipinski definition) is 4. The molecule has 0 saturated heterocycles. The van der Waals surface area contributed by atoms with Gasteiger partial charge in [-0.3, -0.25) is 0 Å². The molecule has 1 aromatic carbocycles. The molecule has 0 aliphatic carbocycles. The first-order valence-electron chi connectivity index (χ1n) is 4.90. The van der Waals surface area contributed by atoms with Crippen molar-refractivity contribution in [2.75, 3.05) is 0 Å². The summed E-state index contributed by atoms with van der Waals surface area (Å²) in [5.74, 6) is 0.497. The van der Waals surface area contributed by atoms with Crippen LogP contribution in [0.3, 0.4) is 0 Å². The molecule has 8 heteroatoms. The Balaban J connectivity index is 2.27. The summed E-state index contributed by atoms with van der Waals surface area (Å²) in [6.07, 6.45) is 1.09. The molecule has 4 nitrogen and oxygen atoms in total. The van der Waals surface area contributed by atoms with Crippen LogP contribution < -0.4 is 4.74 Å². The van der Waals surface area contributed by atoms with E-state index in [0.717, 1.165) is 6.20 Å². The summed E-state index contributed by atoms with van der Waals surface area (Å²) in [5.41, 5.74) is 0. The smallest absolute Gasteiger partial charge is 0.262 e. The predicted molar refractivity (Wildman–Crippen MR) is 73.8 cm³/mol. The van der Waals surface area contributed by atoms with Gasteiger partial charge in [-0.25, -0.2) is 13.4 Å². The highest BCUT2D eigenvalue weighted by Crippen LogP contribution is 2.34. The van der Waals surface area contributed by atoms with Gasteiger partial charge in [0.15, 0.2) is 0 Å². The van der Waals surface area contributed by atoms with E-state index in [1.165, 1.54) is 12.1 Å². The van der Waals surface area contributed by atoms with E-state index in [9.17, 15) is 8.42 Å².